The molecule has 0 saturated carbocycles. The first-order valence-corrected chi connectivity index (χ1v) is 11.8. The second-order valence-electron chi connectivity index (χ2n) is 8.55. The molecule has 0 radical (unpaired) electrons. The molecule has 0 bridgehead atoms. The Kier molecular flexibility index (Phi) is 5.57. The highest BCUT2D eigenvalue weighted by atomic mass is 32.1. The van der Waals surface area contributed by atoms with Crippen molar-refractivity contribution in [2.45, 2.75) is 39.4 Å². The number of aromatic nitrogens is 2. The van der Waals surface area contributed by atoms with Crippen molar-refractivity contribution >= 4 is 28.2 Å². The lowest BCUT2D eigenvalue weighted by molar-refractivity contribution is -0.114. The molecular formula is C24H27N5O2S. The minimum absolute atomic E-state index is 0.0299. The van der Waals surface area contributed by atoms with Crippen molar-refractivity contribution in [2.24, 2.45) is 7.05 Å². The summed E-state index contributed by atoms with van der Waals surface area (Å²) in [4.78, 5) is 30.2. The van der Waals surface area contributed by atoms with Crippen LogP contribution < -0.4 is 5.32 Å². The molecule has 4 heterocycles. The first-order valence-electron chi connectivity index (χ1n) is 11.0. The number of carbonyl (C=O) groups is 2. The van der Waals surface area contributed by atoms with E-state index in [-0.39, 0.29) is 11.8 Å². The number of nitrogens with zero attached hydrogens (tertiary/aromatic N) is 4. The van der Waals surface area contributed by atoms with Crippen LogP contribution in [0.3, 0.4) is 0 Å². The van der Waals surface area contributed by atoms with Gasteiger partial charge in [-0.3, -0.25) is 19.2 Å². The molecule has 0 spiro atoms. The summed E-state index contributed by atoms with van der Waals surface area (Å²) in [5, 5.41) is 8.37. The zero-order valence-corrected chi connectivity index (χ0v) is 19.2. The van der Waals surface area contributed by atoms with Crippen molar-refractivity contribution in [1.29, 1.82) is 0 Å². The van der Waals surface area contributed by atoms with Crippen LogP contribution in [0.5, 0.6) is 0 Å². The summed E-state index contributed by atoms with van der Waals surface area (Å²) in [6.07, 6.45) is 1.76. The van der Waals surface area contributed by atoms with Crippen LogP contribution in [-0.2, 0) is 44.3 Å². The molecule has 0 saturated heterocycles. The van der Waals surface area contributed by atoms with Gasteiger partial charge >= 0.3 is 0 Å². The van der Waals surface area contributed by atoms with E-state index >= 15 is 0 Å². The van der Waals surface area contributed by atoms with Gasteiger partial charge in [-0.15, -0.1) is 11.3 Å². The third-order valence-corrected chi connectivity index (χ3v) is 7.27. The van der Waals surface area contributed by atoms with Gasteiger partial charge in [0.25, 0.3) is 5.91 Å². The Hall–Kier alpha value is -2.97. The number of anilines is 1. The second-order valence-corrected chi connectivity index (χ2v) is 9.72. The average Bonchev–Trinajstić information content (AvgIpc) is 3.36. The topological polar surface area (TPSA) is 70.5 Å². The van der Waals surface area contributed by atoms with Crippen molar-refractivity contribution in [3.63, 3.8) is 0 Å². The second kappa shape index (κ2) is 8.52. The number of aryl methyl sites for hydroxylation is 1. The van der Waals surface area contributed by atoms with E-state index in [1.165, 1.54) is 22.9 Å². The molecule has 2 aliphatic rings. The third-order valence-electron chi connectivity index (χ3n) is 6.28. The highest BCUT2D eigenvalue weighted by Gasteiger charge is 2.31. The van der Waals surface area contributed by atoms with Crippen molar-refractivity contribution in [1.82, 2.24) is 19.6 Å². The first-order chi connectivity index (χ1) is 15.5. The minimum atomic E-state index is -0.0557. The maximum Gasteiger partial charge on any atom is 0.275 e. The van der Waals surface area contributed by atoms with E-state index in [0.29, 0.717) is 18.8 Å². The van der Waals surface area contributed by atoms with Gasteiger partial charge in [0.1, 0.15) is 0 Å². The van der Waals surface area contributed by atoms with E-state index in [9.17, 15) is 9.59 Å². The summed E-state index contributed by atoms with van der Waals surface area (Å²) in [5.74, 6) is -0.0258. The summed E-state index contributed by atoms with van der Waals surface area (Å²) >= 11 is 1.60. The van der Waals surface area contributed by atoms with Crippen LogP contribution in [-0.4, -0.2) is 44.5 Å². The van der Waals surface area contributed by atoms with Gasteiger partial charge in [-0.2, -0.15) is 5.10 Å². The molecule has 0 unspecified atom stereocenters. The van der Waals surface area contributed by atoms with E-state index < -0.39 is 0 Å². The number of thiophene rings is 1. The van der Waals surface area contributed by atoms with Crippen molar-refractivity contribution in [3.05, 3.63) is 69.4 Å². The van der Waals surface area contributed by atoms with Crippen LogP contribution in [0, 0.1) is 0 Å². The number of carbonyl (C=O) groups excluding carboxylic acids is 2. The molecule has 2 aromatic heterocycles. The lowest BCUT2D eigenvalue weighted by atomic mass is 9.99. The molecule has 1 aromatic carbocycles. The Balaban J connectivity index is 1.32. The zero-order valence-electron chi connectivity index (χ0n) is 18.4. The van der Waals surface area contributed by atoms with E-state index in [1.807, 2.05) is 28.8 Å². The Labute approximate surface area is 191 Å². The molecule has 5 rings (SSSR count). The lowest BCUT2D eigenvalue weighted by Gasteiger charge is -2.30. The highest BCUT2D eigenvalue weighted by Crippen LogP contribution is 2.29. The monoisotopic (exact) mass is 449 g/mol. The summed E-state index contributed by atoms with van der Waals surface area (Å²) in [6, 6.07) is 12.4. The fraction of sp³-hybridized carbons (Fsp3) is 0.375. The van der Waals surface area contributed by atoms with Crippen LogP contribution in [0.15, 0.2) is 36.4 Å². The van der Waals surface area contributed by atoms with Gasteiger partial charge in [-0.05, 0) is 29.7 Å². The van der Waals surface area contributed by atoms with Gasteiger partial charge in [0.15, 0.2) is 5.69 Å². The quantitative estimate of drug-likeness (QED) is 0.664. The molecule has 32 heavy (non-hydrogen) atoms. The average molecular weight is 450 g/mol. The van der Waals surface area contributed by atoms with Gasteiger partial charge in [0, 0.05) is 69.3 Å². The van der Waals surface area contributed by atoms with Gasteiger partial charge in [0.05, 0.1) is 5.00 Å². The molecule has 0 aliphatic carbocycles. The summed E-state index contributed by atoms with van der Waals surface area (Å²) in [6.45, 7) is 5.32. The maximum absolute atomic E-state index is 13.5. The Morgan fingerprint density at radius 1 is 1.06 bits per heavy atom. The molecule has 7 nitrogen and oxygen atoms in total. The molecule has 1 N–H and O–H groups in total. The van der Waals surface area contributed by atoms with Gasteiger partial charge in [-0.1, -0.05) is 24.3 Å². The van der Waals surface area contributed by atoms with Gasteiger partial charge in [-0.25, -0.2) is 0 Å². The number of nitrogens with one attached hydrogen (secondary N) is 1. The third kappa shape index (κ3) is 4.08. The smallest absolute Gasteiger partial charge is 0.275 e. The number of fused-ring (bicyclic) bond motifs is 2. The molecule has 2 aliphatic heterocycles. The lowest BCUT2D eigenvalue weighted by Crippen LogP contribution is -2.37. The number of rotatable bonds is 4. The minimum Gasteiger partial charge on any atom is -0.333 e. The van der Waals surface area contributed by atoms with Gasteiger partial charge in [0.2, 0.25) is 5.91 Å². The predicted molar refractivity (Wildman–Crippen MR) is 125 cm³/mol. The van der Waals surface area contributed by atoms with Crippen LogP contribution >= 0.6 is 11.3 Å². The SMILES string of the molecule is CC(=O)Nc1ccc(CN2CCc3c(c(C(=O)N4CCc5ccccc5C4)nn3C)C2)s1. The zero-order chi connectivity index (χ0) is 22.2. The number of hydrogen-bond acceptors (Lipinski definition) is 5. The van der Waals surface area contributed by atoms with Crippen molar-refractivity contribution < 1.29 is 9.59 Å². The largest absolute Gasteiger partial charge is 0.333 e. The molecule has 166 valence electrons. The summed E-state index contributed by atoms with van der Waals surface area (Å²) in [5.41, 5.74) is 5.37. The number of benzene rings is 1. The van der Waals surface area contributed by atoms with Gasteiger partial charge < -0.3 is 10.2 Å². The van der Waals surface area contributed by atoms with E-state index in [2.05, 4.69) is 39.6 Å². The Morgan fingerprint density at radius 2 is 1.88 bits per heavy atom. The number of hydrogen-bond donors (Lipinski definition) is 1. The summed E-state index contributed by atoms with van der Waals surface area (Å²) < 4.78 is 1.89. The van der Waals surface area contributed by atoms with Crippen molar-refractivity contribution in [2.75, 3.05) is 18.4 Å². The molecule has 0 atom stereocenters. The first kappa shape index (κ1) is 20.9. The highest BCUT2D eigenvalue weighted by molar-refractivity contribution is 7.16. The fourth-order valence-corrected chi connectivity index (χ4v) is 5.69. The maximum atomic E-state index is 13.5. The predicted octanol–water partition coefficient (Wildman–Crippen LogP) is 3.20. The standard InChI is InChI=1S/C24H27N5O2S/c1-16(30)25-22-8-7-19(32-22)14-28-11-10-21-20(15-28)23(26-27(21)2)24(31)29-12-9-17-5-3-4-6-18(17)13-29/h3-8H,9-15H2,1-2H3,(H,25,30). The van der Waals surface area contributed by atoms with Crippen molar-refractivity contribution in [3.8, 4) is 0 Å². The fourth-order valence-electron chi connectivity index (χ4n) is 4.70. The molecule has 0 fully saturated rings. The van der Waals surface area contributed by atoms with E-state index in [1.54, 1.807) is 11.3 Å². The number of amides is 2. The van der Waals surface area contributed by atoms with E-state index in [4.69, 9.17) is 0 Å². The van der Waals surface area contributed by atoms with Crippen LogP contribution in [0.1, 0.15) is 44.7 Å². The normalized spacial score (nSPS) is 15.9. The molecule has 8 heteroatoms. The van der Waals surface area contributed by atoms with Crippen LogP contribution in [0.25, 0.3) is 0 Å². The van der Waals surface area contributed by atoms with Crippen LogP contribution in [0.2, 0.25) is 0 Å². The van der Waals surface area contributed by atoms with E-state index in [0.717, 1.165) is 48.7 Å². The Bertz CT molecular complexity index is 1180. The molecule has 2 amide bonds. The van der Waals surface area contributed by atoms with Crippen LogP contribution in [0.4, 0.5) is 5.00 Å². The molecule has 3 aromatic rings. The summed E-state index contributed by atoms with van der Waals surface area (Å²) in [7, 11) is 1.94. The Morgan fingerprint density at radius 3 is 2.69 bits per heavy atom. The molecular weight excluding hydrogens is 422 g/mol.